The lowest BCUT2D eigenvalue weighted by Gasteiger charge is -2.37. The van der Waals surface area contributed by atoms with E-state index in [4.69, 9.17) is 5.73 Å². The Kier molecular flexibility index (Phi) is 3.29. The van der Waals surface area contributed by atoms with E-state index in [0.29, 0.717) is 12.4 Å². The zero-order valence-corrected chi connectivity index (χ0v) is 11.1. The van der Waals surface area contributed by atoms with Gasteiger partial charge in [-0.2, -0.15) is 11.8 Å². The largest absolute Gasteiger partial charge is 0.378 e. The van der Waals surface area contributed by atoms with Crippen LogP contribution < -0.4 is 10.6 Å². The molecule has 2 heterocycles. The van der Waals surface area contributed by atoms with Gasteiger partial charge in [0.25, 0.3) is 0 Å². The molecular weight excluding hydrogens is 254 g/mol. The lowest BCUT2D eigenvalue weighted by molar-refractivity contribution is -0.383. The van der Waals surface area contributed by atoms with Crippen molar-refractivity contribution in [3.63, 3.8) is 0 Å². The first-order chi connectivity index (χ1) is 8.41. The van der Waals surface area contributed by atoms with Crippen LogP contribution >= 0.6 is 11.8 Å². The first kappa shape index (κ1) is 12.9. The Balaban J connectivity index is 2.39. The molecule has 0 aliphatic carbocycles. The highest BCUT2D eigenvalue weighted by atomic mass is 32.2. The maximum absolute atomic E-state index is 11.1. The minimum absolute atomic E-state index is 0.0475. The highest BCUT2D eigenvalue weighted by Crippen LogP contribution is 2.36. The first-order valence-electron chi connectivity index (χ1n) is 5.54. The number of rotatable bonds is 2. The third kappa shape index (κ3) is 2.47. The van der Waals surface area contributed by atoms with Gasteiger partial charge in [-0.25, -0.2) is 9.97 Å². The van der Waals surface area contributed by atoms with E-state index in [1.165, 1.54) is 6.33 Å². The van der Waals surface area contributed by atoms with Gasteiger partial charge in [0.05, 0.1) is 4.92 Å². The fourth-order valence-corrected chi connectivity index (χ4v) is 3.10. The summed E-state index contributed by atoms with van der Waals surface area (Å²) >= 11 is 1.85. The molecule has 0 unspecified atom stereocenters. The van der Waals surface area contributed by atoms with Crippen LogP contribution in [-0.2, 0) is 0 Å². The van der Waals surface area contributed by atoms with Gasteiger partial charge >= 0.3 is 5.69 Å². The van der Waals surface area contributed by atoms with Crippen molar-refractivity contribution in [3.8, 4) is 0 Å². The second-order valence-electron chi connectivity index (χ2n) is 4.72. The quantitative estimate of drug-likeness (QED) is 0.638. The Morgan fingerprint density at radius 3 is 2.89 bits per heavy atom. The van der Waals surface area contributed by atoms with Crippen molar-refractivity contribution >= 4 is 29.1 Å². The molecule has 1 aliphatic heterocycles. The van der Waals surface area contributed by atoms with Crippen molar-refractivity contribution in [2.24, 2.45) is 0 Å². The fraction of sp³-hybridized carbons (Fsp3) is 0.600. The monoisotopic (exact) mass is 269 g/mol. The number of nitro groups is 1. The number of hydrogen-bond donors (Lipinski definition) is 1. The molecule has 0 radical (unpaired) electrons. The number of anilines is 2. The topological polar surface area (TPSA) is 98.2 Å². The summed E-state index contributed by atoms with van der Waals surface area (Å²) in [7, 11) is 0. The Labute approximate surface area is 109 Å². The predicted octanol–water partition coefficient (Wildman–Crippen LogP) is 1.30. The van der Waals surface area contributed by atoms with Crippen LogP contribution in [0.2, 0.25) is 0 Å². The lowest BCUT2D eigenvalue weighted by atomic mass is 10.2. The molecule has 18 heavy (non-hydrogen) atoms. The third-order valence-corrected chi connectivity index (χ3v) is 4.04. The van der Waals surface area contributed by atoms with E-state index in [2.05, 4.69) is 23.8 Å². The molecule has 0 aromatic carbocycles. The molecule has 0 atom stereocenters. The smallest absolute Gasteiger partial charge is 0.353 e. The molecule has 98 valence electrons. The van der Waals surface area contributed by atoms with Gasteiger partial charge in [0.15, 0.2) is 0 Å². The standard InChI is InChI=1S/C10H15N5O2S/c1-10(2)5-14(3-4-18-10)9-7(15(16)17)8(11)12-6-13-9/h6H,3-5H2,1-2H3,(H2,11,12,13). The Morgan fingerprint density at radius 2 is 2.28 bits per heavy atom. The molecule has 7 nitrogen and oxygen atoms in total. The molecular formula is C10H15N5O2S. The van der Waals surface area contributed by atoms with Gasteiger partial charge < -0.3 is 10.6 Å². The van der Waals surface area contributed by atoms with Crippen LogP contribution in [0.4, 0.5) is 17.3 Å². The zero-order chi connectivity index (χ0) is 13.3. The number of nitrogens with two attached hydrogens (primary N) is 1. The highest BCUT2D eigenvalue weighted by Gasteiger charge is 2.32. The normalized spacial score (nSPS) is 18.7. The molecule has 1 aromatic heterocycles. The maximum atomic E-state index is 11.1. The summed E-state index contributed by atoms with van der Waals surface area (Å²) in [6.07, 6.45) is 1.27. The average Bonchev–Trinajstić information content (AvgIpc) is 2.26. The van der Waals surface area contributed by atoms with Crippen molar-refractivity contribution < 1.29 is 4.92 Å². The lowest BCUT2D eigenvalue weighted by Crippen LogP contribution is -2.43. The van der Waals surface area contributed by atoms with Crippen molar-refractivity contribution in [1.29, 1.82) is 0 Å². The van der Waals surface area contributed by atoms with E-state index < -0.39 is 4.92 Å². The molecule has 0 bridgehead atoms. The van der Waals surface area contributed by atoms with Gasteiger partial charge in [-0.15, -0.1) is 0 Å². The second-order valence-corrected chi connectivity index (χ2v) is 6.52. The van der Waals surface area contributed by atoms with Crippen LogP contribution in [0.25, 0.3) is 0 Å². The molecule has 1 aromatic rings. The van der Waals surface area contributed by atoms with E-state index in [9.17, 15) is 10.1 Å². The van der Waals surface area contributed by atoms with Gasteiger partial charge in [-0.1, -0.05) is 0 Å². The van der Waals surface area contributed by atoms with E-state index in [1.807, 2.05) is 16.7 Å². The number of hydrogen-bond acceptors (Lipinski definition) is 7. The van der Waals surface area contributed by atoms with Crippen LogP contribution in [0, 0.1) is 10.1 Å². The molecule has 0 saturated carbocycles. The van der Waals surface area contributed by atoms with Crippen LogP contribution in [-0.4, -0.2) is 38.5 Å². The Hall–Kier alpha value is -1.57. The Morgan fingerprint density at radius 1 is 1.56 bits per heavy atom. The predicted molar refractivity (Wildman–Crippen MR) is 71.8 cm³/mol. The fourth-order valence-electron chi connectivity index (χ4n) is 1.99. The van der Waals surface area contributed by atoms with Crippen LogP contribution in [0.15, 0.2) is 6.33 Å². The maximum Gasteiger partial charge on any atom is 0.353 e. The minimum atomic E-state index is -0.514. The van der Waals surface area contributed by atoms with E-state index in [0.717, 1.165) is 12.3 Å². The number of aromatic nitrogens is 2. The summed E-state index contributed by atoms with van der Waals surface area (Å²) in [5.41, 5.74) is 5.38. The van der Waals surface area contributed by atoms with Crippen LogP contribution in [0.1, 0.15) is 13.8 Å². The summed E-state index contributed by atoms with van der Waals surface area (Å²) in [5, 5.41) is 11.1. The summed E-state index contributed by atoms with van der Waals surface area (Å²) in [6, 6.07) is 0. The first-order valence-corrected chi connectivity index (χ1v) is 6.53. The van der Waals surface area contributed by atoms with Gasteiger partial charge in [-0.05, 0) is 13.8 Å². The van der Waals surface area contributed by atoms with E-state index in [1.54, 1.807) is 0 Å². The minimum Gasteiger partial charge on any atom is -0.378 e. The Bertz CT molecular complexity index is 479. The number of nitrogens with zero attached hydrogens (tertiary/aromatic N) is 4. The molecule has 1 fully saturated rings. The second kappa shape index (κ2) is 4.60. The zero-order valence-electron chi connectivity index (χ0n) is 10.3. The summed E-state index contributed by atoms with van der Waals surface area (Å²) in [5.74, 6) is 1.15. The third-order valence-electron chi connectivity index (χ3n) is 2.74. The van der Waals surface area contributed by atoms with Gasteiger partial charge in [0.1, 0.15) is 6.33 Å². The van der Waals surface area contributed by atoms with Crippen molar-refractivity contribution in [3.05, 3.63) is 16.4 Å². The van der Waals surface area contributed by atoms with Crippen molar-refractivity contribution in [2.75, 3.05) is 29.5 Å². The van der Waals surface area contributed by atoms with Gasteiger partial charge in [-0.3, -0.25) is 10.1 Å². The van der Waals surface area contributed by atoms with Gasteiger partial charge in [0, 0.05) is 23.6 Å². The summed E-state index contributed by atoms with van der Waals surface area (Å²) < 4.78 is 0.0475. The van der Waals surface area contributed by atoms with Gasteiger partial charge in [0.2, 0.25) is 11.6 Å². The van der Waals surface area contributed by atoms with Crippen LogP contribution in [0.3, 0.4) is 0 Å². The summed E-state index contributed by atoms with van der Waals surface area (Å²) in [6.45, 7) is 5.65. The average molecular weight is 269 g/mol. The molecule has 8 heteroatoms. The molecule has 0 amide bonds. The molecule has 0 spiro atoms. The molecule has 1 aliphatic rings. The summed E-state index contributed by atoms with van der Waals surface area (Å²) in [4.78, 5) is 20.2. The SMILES string of the molecule is CC1(C)CN(c2ncnc(N)c2[N+](=O)[O-])CCS1. The number of thioether (sulfide) groups is 1. The highest BCUT2D eigenvalue weighted by molar-refractivity contribution is 8.00. The van der Waals surface area contributed by atoms with E-state index in [-0.39, 0.29) is 16.3 Å². The van der Waals surface area contributed by atoms with Crippen molar-refractivity contribution in [2.45, 2.75) is 18.6 Å². The molecule has 2 N–H and O–H groups in total. The van der Waals surface area contributed by atoms with E-state index >= 15 is 0 Å². The van der Waals surface area contributed by atoms with Crippen LogP contribution in [0.5, 0.6) is 0 Å². The number of nitrogen functional groups attached to an aromatic ring is 1. The molecule has 1 saturated heterocycles. The van der Waals surface area contributed by atoms with Crippen molar-refractivity contribution in [1.82, 2.24) is 9.97 Å². The molecule has 2 rings (SSSR count).